The highest BCUT2D eigenvalue weighted by Gasteiger charge is 2.34. The van der Waals surface area contributed by atoms with Crippen molar-refractivity contribution in [3.8, 4) is 0 Å². The van der Waals surface area contributed by atoms with Gasteiger partial charge in [-0.1, -0.05) is 33.1 Å². The fourth-order valence-electron chi connectivity index (χ4n) is 2.39. The van der Waals surface area contributed by atoms with E-state index in [4.69, 9.17) is 4.74 Å². The Morgan fingerprint density at radius 1 is 1.40 bits per heavy atom. The zero-order valence-corrected chi connectivity index (χ0v) is 10.8. The van der Waals surface area contributed by atoms with Crippen molar-refractivity contribution in [2.45, 2.75) is 64.5 Å². The normalized spacial score (nSPS) is 23.2. The molecule has 0 aromatic rings. The van der Waals surface area contributed by atoms with Crippen LogP contribution in [-0.4, -0.2) is 25.3 Å². The molecule has 2 unspecified atom stereocenters. The number of ether oxygens (including phenoxy) is 1. The molecule has 0 amide bonds. The standard InChI is InChI=1S/C13H27NO/c1-5-13(3,15-4)12(14-6-2)10-11-8-7-9-11/h11-12,14H,5-10H2,1-4H3. The first kappa shape index (κ1) is 13.0. The SMILES string of the molecule is CCNC(CC1CCC1)C(C)(CC)OC. The van der Waals surface area contributed by atoms with Crippen molar-refractivity contribution >= 4 is 0 Å². The monoisotopic (exact) mass is 213 g/mol. The molecule has 0 aromatic heterocycles. The average Bonchev–Trinajstić information content (AvgIpc) is 2.20. The maximum absolute atomic E-state index is 5.71. The van der Waals surface area contributed by atoms with Gasteiger partial charge in [-0.05, 0) is 32.2 Å². The number of hydrogen-bond donors (Lipinski definition) is 1. The highest BCUT2D eigenvalue weighted by atomic mass is 16.5. The summed E-state index contributed by atoms with van der Waals surface area (Å²) in [5.41, 5.74) is 0.00556. The van der Waals surface area contributed by atoms with E-state index in [1.54, 1.807) is 0 Å². The topological polar surface area (TPSA) is 21.3 Å². The summed E-state index contributed by atoms with van der Waals surface area (Å²) in [6.07, 6.45) is 6.63. The zero-order chi connectivity index (χ0) is 11.3. The second-order valence-corrected chi connectivity index (χ2v) is 5.01. The van der Waals surface area contributed by atoms with Crippen LogP contribution in [-0.2, 0) is 4.74 Å². The molecule has 0 saturated heterocycles. The van der Waals surface area contributed by atoms with Gasteiger partial charge in [-0.2, -0.15) is 0 Å². The van der Waals surface area contributed by atoms with E-state index < -0.39 is 0 Å². The molecule has 2 nitrogen and oxygen atoms in total. The van der Waals surface area contributed by atoms with Crippen molar-refractivity contribution in [2.75, 3.05) is 13.7 Å². The summed E-state index contributed by atoms with van der Waals surface area (Å²) >= 11 is 0. The molecular weight excluding hydrogens is 186 g/mol. The third kappa shape index (κ3) is 3.18. The number of hydrogen-bond acceptors (Lipinski definition) is 2. The van der Waals surface area contributed by atoms with Crippen molar-refractivity contribution in [2.24, 2.45) is 5.92 Å². The Morgan fingerprint density at radius 3 is 2.40 bits per heavy atom. The van der Waals surface area contributed by atoms with E-state index in [0.717, 1.165) is 18.9 Å². The third-order valence-corrected chi connectivity index (χ3v) is 4.15. The van der Waals surface area contributed by atoms with Gasteiger partial charge in [0.2, 0.25) is 0 Å². The van der Waals surface area contributed by atoms with Gasteiger partial charge in [-0.25, -0.2) is 0 Å². The highest BCUT2D eigenvalue weighted by molar-refractivity contribution is 4.91. The summed E-state index contributed by atoms with van der Waals surface area (Å²) < 4.78 is 5.71. The van der Waals surface area contributed by atoms with Crippen molar-refractivity contribution in [1.29, 1.82) is 0 Å². The lowest BCUT2D eigenvalue weighted by Crippen LogP contribution is -2.51. The van der Waals surface area contributed by atoms with Crippen LogP contribution in [0.15, 0.2) is 0 Å². The maximum Gasteiger partial charge on any atom is 0.0800 e. The molecule has 0 spiro atoms. The minimum Gasteiger partial charge on any atom is -0.377 e. The van der Waals surface area contributed by atoms with Gasteiger partial charge in [-0.3, -0.25) is 0 Å². The molecule has 1 aliphatic carbocycles. The van der Waals surface area contributed by atoms with Gasteiger partial charge in [0.15, 0.2) is 0 Å². The molecule has 1 N–H and O–H groups in total. The van der Waals surface area contributed by atoms with E-state index >= 15 is 0 Å². The first-order chi connectivity index (χ1) is 7.16. The molecule has 15 heavy (non-hydrogen) atoms. The van der Waals surface area contributed by atoms with Gasteiger partial charge in [0.05, 0.1) is 5.60 Å². The Bertz CT molecular complexity index is 173. The van der Waals surface area contributed by atoms with Crippen LogP contribution in [0.1, 0.15) is 52.9 Å². The molecular formula is C13H27NO. The van der Waals surface area contributed by atoms with E-state index in [2.05, 4.69) is 26.1 Å². The first-order valence-corrected chi connectivity index (χ1v) is 6.44. The van der Waals surface area contributed by atoms with Gasteiger partial charge in [-0.15, -0.1) is 0 Å². The molecule has 0 heterocycles. The van der Waals surface area contributed by atoms with Gasteiger partial charge >= 0.3 is 0 Å². The van der Waals surface area contributed by atoms with E-state index in [1.807, 2.05) is 7.11 Å². The average molecular weight is 213 g/mol. The van der Waals surface area contributed by atoms with Crippen molar-refractivity contribution in [3.05, 3.63) is 0 Å². The lowest BCUT2D eigenvalue weighted by atomic mass is 9.76. The summed E-state index contributed by atoms with van der Waals surface area (Å²) in [5.74, 6) is 0.940. The van der Waals surface area contributed by atoms with Gasteiger partial charge in [0.1, 0.15) is 0 Å². The molecule has 1 saturated carbocycles. The quantitative estimate of drug-likeness (QED) is 0.702. The summed E-state index contributed by atoms with van der Waals surface area (Å²) in [5, 5.41) is 3.60. The lowest BCUT2D eigenvalue weighted by Gasteiger charge is -2.40. The van der Waals surface area contributed by atoms with Crippen LogP contribution in [0.3, 0.4) is 0 Å². The number of nitrogens with one attached hydrogen (secondary N) is 1. The van der Waals surface area contributed by atoms with Crippen LogP contribution in [0.2, 0.25) is 0 Å². The summed E-state index contributed by atoms with van der Waals surface area (Å²) in [6.45, 7) is 7.67. The summed E-state index contributed by atoms with van der Waals surface area (Å²) in [4.78, 5) is 0. The van der Waals surface area contributed by atoms with Gasteiger partial charge < -0.3 is 10.1 Å². The van der Waals surface area contributed by atoms with Crippen LogP contribution >= 0.6 is 0 Å². The van der Waals surface area contributed by atoms with Crippen LogP contribution < -0.4 is 5.32 Å². The number of methoxy groups -OCH3 is 1. The van der Waals surface area contributed by atoms with E-state index in [-0.39, 0.29) is 5.60 Å². The van der Waals surface area contributed by atoms with Crippen LogP contribution in [0.25, 0.3) is 0 Å². The summed E-state index contributed by atoms with van der Waals surface area (Å²) in [6, 6.07) is 0.516. The number of rotatable bonds is 7. The van der Waals surface area contributed by atoms with Gasteiger partial charge in [0, 0.05) is 13.2 Å². The van der Waals surface area contributed by atoms with Crippen LogP contribution in [0.4, 0.5) is 0 Å². The van der Waals surface area contributed by atoms with Crippen molar-refractivity contribution in [3.63, 3.8) is 0 Å². The Balaban J connectivity index is 2.53. The second kappa shape index (κ2) is 5.86. The first-order valence-electron chi connectivity index (χ1n) is 6.44. The molecule has 1 rings (SSSR count). The minimum atomic E-state index is 0.00556. The maximum atomic E-state index is 5.71. The molecule has 2 heteroatoms. The lowest BCUT2D eigenvalue weighted by molar-refractivity contribution is -0.0376. The second-order valence-electron chi connectivity index (χ2n) is 5.01. The largest absolute Gasteiger partial charge is 0.377 e. The highest BCUT2D eigenvalue weighted by Crippen LogP contribution is 2.34. The minimum absolute atomic E-state index is 0.00556. The molecule has 1 fully saturated rings. The van der Waals surface area contributed by atoms with Gasteiger partial charge in [0.25, 0.3) is 0 Å². The Hall–Kier alpha value is -0.0800. The van der Waals surface area contributed by atoms with Crippen LogP contribution in [0.5, 0.6) is 0 Å². The summed E-state index contributed by atoms with van der Waals surface area (Å²) in [7, 11) is 1.84. The fourth-order valence-corrected chi connectivity index (χ4v) is 2.39. The molecule has 0 radical (unpaired) electrons. The van der Waals surface area contributed by atoms with E-state index in [9.17, 15) is 0 Å². The van der Waals surface area contributed by atoms with Crippen molar-refractivity contribution < 1.29 is 4.74 Å². The predicted molar refractivity (Wildman–Crippen MR) is 65.1 cm³/mol. The van der Waals surface area contributed by atoms with E-state index in [1.165, 1.54) is 25.7 Å². The number of likely N-dealkylation sites (N-methyl/N-ethyl adjacent to an activating group) is 1. The zero-order valence-electron chi connectivity index (χ0n) is 10.8. The molecule has 2 atom stereocenters. The Labute approximate surface area is 94.8 Å². The fraction of sp³-hybridized carbons (Fsp3) is 1.00. The molecule has 90 valence electrons. The van der Waals surface area contributed by atoms with Crippen molar-refractivity contribution in [1.82, 2.24) is 5.32 Å². The molecule has 0 aliphatic heterocycles. The third-order valence-electron chi connectivity index (χ3n) is 4.15. The smallest absolute Gasteiger partial charge is 0.0800 e. The Morgan fingerprint density at radius 2 is 2.07 bits per heavy atom. The molecule has 1 aliphatic rings. The Kier molecular flexibility index (Phi) is 5.07. The molecule has 0 aromatic carbocycles. The molecule has 0 bridgehead atoms. The predicted octanol–water partition coefficient (Wildman–Crippen LogP) is 2.97. The van der Waals surface area contributed by atoms with E-state index in [0.29, 0.717) is 6.04 Å². The van der Waals surface area contributed by atoms with Crippen LogP contribution in [0, 0.1) is 5.92 Å².